The van der Waals surface area contributed by atoms with E-state index in [0.717, 1.165) is 35.3 Å². The molecule has 0 fully saturated rings. The van der Waals surface area contributed by atoms with Crippen molar-refractivity contribution in [2.75, 3.05) is 7.11 Å². The van der Waals surface area contributed by atoms with E-state index in [2.05, 4.69) is 6.08 Å². The molecule has 3 rings (SSSR count). The van der Waals surface area contributed by atoms with Gasteiger partial charge in [-0.1, -0.05) is 48.5 Å². The van der Waals surface area contributed by atoms with Gasteiger partial charge in [0.05, 0.1) is 7.11 Å². The summed E-state index contributed by atoms with van der Waals surface area (Å²) >= 11 is 0. The van der Waals surface area contributed by atoms with E-state index in [1.54, 1.807) is 7.11 Å². The quantitative estimate of drug-likeness (QED) is 0.916. The smallest absolute Gasteiger partial charge is 0.118 e. The van der Waals surface area contributed by atoms with Crippen molar-refractivity contribution in [3.8, 4) is 5.75 Å². The lowest BCUT2D eigenvalue weighted by atomic mass is 9.84. The minimum absolute atomic E-state index is 0.734. The molecule has 2 heteroatoms. The molecular formula is C18H18O2. The van der Waals surface area contributed by atoms with Crippen LogP contribution in [0.4, 0.5) is 0 Å². The van der Waals surface area contributed by atoms with Crippen molar-refractivity contribution in [3.05, 3.63) is 71.8 Å². The van der Waals surface area contributed by atoms with E-state index in [9.17, 15) is 5.11 Å². The van der Waals surface area contributed by atoms with E-state index in [4.69, 9.17) is 4.74 Å². The van der Waals surface area contributed by atoms with Gasteiger partial charge in [0.2, 0.25) is 0 Å². The van der Waals surface area contributed by atoms with Gasteiger partial charge in [0, 0.05) is 0 Å². The Labute approximate surface area is 119 Å². The van der Waals surface area contributed by atoms with Crippen molar-refractivity contribution >= 4 is 5.57 Å². The fraction of sp³-hybridized carbons (Fsp3) is 0.222. The SMILES string of the molecule is COc1ccc(C2=CCCC2(O)c2ccccc2)cc1. The van der Waals surface area contributed by atoms with E-state index in [1.165, 1.54) is 0 Å². The molecule has 0 bridgehead atoms. The summed E-state index contributed by atoms with van der Waals surface area (Å²) in [6.07, 6.45) is 3.76. The lowest BCUT2D eigenvalue weighted by Gasteiger charge is -2.27. The standard InChI is InChI=1S/C18H18O2/c1-20-16-11-9-14(10-12-16)17-8-5-13-18(17,19)15-6-3-2-4-7-15/h2-4,6-12,19H,5,13H2,1H3. The average Bonchev–Trinajstić information content (AvgIpc) is 2.91. The van der Waals surface area contributed by atoms with Gasteiger partial charge in [0.15, 0.2) is 0 Å². The maximum absolute atomic E-state index is 11.1. The largest absolute Gasteiger partial charge is 0.497 e. The number of hydrogen-bond acceptors (Lipinski definition) is 2. The Kier molecular flexibility index (Phi) is 3.33. The van der Waals surface area contributed by atoms with Crippen LogP contribution >= 0.6 is 0 Å². The van der Waals surface area contributed by atoms with Crippen LogP contribution in [0.2, 0.25) is 0 Å². The average molecular weight is 266 g/mol. The second-order valence-corrected chi connectivity index (χ2v) is 5.11. The summed E-state index contributed by atoms with van der Waals surface area (Å²) in [6, 6.07) is 17.8. The topological polar surface area (TPSA) is 29.5 Å². The van der Waals surface area contributed by atoms with Crippen LogP contribution in [0, 0.1) is 0 Å². The molecule has 1 aliphatic carbocycles. The van der Waals surface area contributed by atoms with Crippen molar-refractivity contribution in [2.45, 2.75) is 18.4 Å². The Balaban J connectivity index is 1.99. The lowest BCUT2D eigenvalue weighted by Crippen LogP contribution is -2.24. The Bertz CT molecular complexity index is 614. The predicted octanol–water partition coefficient (Wildman–Crippen LogP) is 3.76. The third-order valence-electron chi connectivity index (χ3n) is 3.95. The summed E-state index contributed by atoms with van der Waals surface area (Å²) in [7, 11) is 1.66. The molecule has 1 aliphatic rings. The van der Waals surface area contributed by atoms with Gasteiger partial charge in [-0.25, -0.2) is 0 Å². The number of benzene rings is 2. The molecule has 1 N–H and O–H groups in total. The van der Waals surface area contributed by atoms with Crippen molar-refractivity contribution in [3.63, 3.8) is 0 Å². The summed E-state index contributed by atoms with van der Waals surface area (Å²) in [5.41, 5.74) is 2.12. The Morgan fingerprint density at radius 2 is 1.70 bits per heavy atom. The van der Waals surface area contributed by atoms with Crippen molar-refractivity contribution < 1.29 is 9.84 Å². The Morgan fingerprint density at radius 3 is 2.35 bits per heavy atom. The van der Waals surface area contributed by atoms with Gasteiger partial charge >= 0.3 is 0 Å². The van der Waals surface area contributed by atoms with Gasteiger partial charge in [-0.15, -0.1) is 0 Å². The number of hydrogen-bond donors (Lipinski definition) is 1. The van der Waals surface area contributed by atoms with E-state index in [-0.39, 0.29) is 0 Å². The molecule has 2 aromatic rings. The zero-order chi connectivity index (χ0) is 14.0. The van der Waals surface area contributed by atoms with Crippen LogP contribution in [-0.2, 0) is 5.60 Å². The minimum Gasteiger partial charge on any atom is -0.497 e. The number of allylic oxidation sites excluding steroid dienone is 1. The first-order chi connectivity index (χ1) is 9.74. The zero-order valence-corrected chi connectivity index (χ0v) is 11.5. The minimum atomic E-state index is -0.879. The highest BCUT2D eigenvalue weighted by Crippen LogP contribution is 2.44. The second-order valence-electron chi connectivity index (χ2n) is 5.11. The highest BCUT2D eigenvalue weighted by Gasteiger charge is 2.37. The Morgan fingerprint density at radius 1 is 1.00 bits per heavy atom. The fourth-order valence-electron chi connectivity index (χ4n) is 2.87. The van der Waals surface area contributed by atoms with Crippen LogP contribution in [0.25, 0.3) is 5.57 Å². The summed E-state index contributed by atoms with van der Waals surface area (Å²) in [4.78, 5) is 0. The monoisotopic (exact) mass is 266 g/mol. The van der Waals surface area contributed by atoms with E-state index in [1.807, 2.05) is 54.6 Å². The number of aliphatic hydroxyl groups is 1. The van der Waals surface area contributed by atoms with Crippen LogP contribution in [0.5, 0.6) is 5.75 Å². The molecule has 1 atom stereocenters. The fourth-order valence-corrected chi connectivity index (χ4v) is 2.87. The third-order valence-corrected chi connectivity index (χ3v) is 3.95. The van der Waals surface area contributed by atoms with Gasteiger partial charge in [0.1, 0.15) is 11.4 Å². The van der Waals surface area contributed by atoms with Gasteiger partial charge in [-0.3, -0.25) is 0 Å². The summed E-state index contributed by atoms with van der Waals surface area (Å²) in [5, 5.41) is 11.1. The summed E-state index contributed by atoms with van der Waals surface area (Å²) < 4.78 is 5.19. The van der Waals surface area contributed by atoms with Crippen LogP contribution in [-0.4, -0.2) is 12.2 Å². The highest BCUT2D eigenvalue weighted by molar-refractivity contribution is 5.76. The summed E-state index contributed by atoms with van der Waals surface area (Å²) in [6.45, 7) is 0. The van der Waals surface area contributed by atoms with Gasteiger partial charge < -0.3 is 9.84 Å². The van der Waals surface area contributed by atoms with E-state index < -0.39 is 5.60 Å². The second kappa shape index (κ2) is 5.14. The molecule has 0 spiro atoms. The number of methoxy groups -OCH3 is 1. The number of ether oxygens (including phenoxy) is 1. The normalized spacial score (nSPS) is 21.6. The molecule has 1 unspecified atom stereocenters. The molecule has 0 saturated carbocycles. The van der Waals surface area contributed by atoms with Crippen LogP contribution in [0.1, 0.15) is 24.0 Å². The van der Waals surface area contributed by atoms with Crippen LogP contribution in [0.15, 0.2) is 60.7 Å². The first-order valence-electron chi connectivity index (χ1n) is 6.87. The molecule has 2 nitrogen and oxygen atoms in total. The van der Waals surface area contributed by atoms with Gasteiger partial charge in [0.25, 0.3) is 0 Å². The van der Waals surface area contributed by atoms with Gasteiger partial charge in [-0.2, -0.15) is 0 Å². The molecule has 2 aromatic carbocycles. The Hall–Kier alpha value is -2.06. The maximum Gasteiger partial charge on any atom is 0.118 e. The van der Waals surface area contributed by atoms with E-state index in [0.29, 0.717) is 0 Å². The first-order valence-corrected chi connectivity index (χ1v) is 6.87. The molecule has 0 amide bonds. The molecule has 102 valence electrons. The molecule has 0 aliphatic heterocycles. The molecular weight excluding hydrogens is 248 g/mol. The lowest BCUT2D eigenvalue weighted by molar-refractivity contribution is 0.0995. The molecule has 0 heterocycles. The van der Waals surface area contributed by atoms with Crippen LogP contribution < -0.4 is 4.74 Å². The molecule has 20 heavy (non-hydrogen) atoms. The summed E-state index contributed by atoms with van der Waals surface area (Å²) in [5.74, 6) is 0.829. The first kappa shape index (κ1) is 12.9. The van der Waals surface area contributed by atoms with Crippen molar-refractivity contribution in [1.82, 2.24) is 0 Å². The molecule has 0 radical (unpaired) electrons. The predicted molar refractivity (Wildman–Crippen MR) is 80.5 cm³/mol. The van der Waals surface area contributed by atoms with Gasteiger partial charge in [-0.05, 0) is 41.7 Å². The van der Waals surface area contributed by atoms with Crippen LogP contribution in [0.3, 0.4) is 0 Å². The van der Waals surface area contributed by atoms with E-state index >= 15 is 0 Å². The van der Waals surface area contributed by atoms with Crippen molar-refractivity contribution in [1.29, 1.82) is 0 Å². The molecule has 0 saturated heterocycles. The zero-order valence-electron chi connectivity index (χ0n) is 11.5. The maximum atomic E-state index is 11.1. The number of rotatable bonds is 3. The molecule has 0 aromatic heterocycles. The van der Waals surface area contributed by atoms with Crippen molar-refractivity contribution in [2.24, 2.45) is 0 Å². The third kappa shape index (κ3) is 2.12. The highest BCUT2D eigenvalue weighted by atomic mass is 16.5.